The van der Waals surface area contributed by atoms with Crippen LogP contribution < -0.4 is 5.73 Å². The molecule has 0 spiro atoms. The van der Waals surface area contributed by atoms with Gasteiger partial charge in [-0.05, 0) is 25.5 Å². The molecule has 0 aromatic carbocycles. The van der Waals surface area contributed by atoms with Crippen LogP contribution in [0.3, 0.4) is 0 Å². The van der Waals surface area contributed by atoms with Gasteiger partial charge in [0.1, 0.15) is 0 Å². The van der Waals surface area contributed by atoms with Gasteiger partial charge in [0, 0.05) is 36.4 Å². The summed E-state index contributed by atoms with van der Waals surface area (Å²) >= 11 is 0. The number of rotatable bonds is 3. The van der Waals surface area contributed by atoms with Crippen molar-refractivity contribution in [3.05, 3.63) is 30.1 Å². The van der Waals surface area contributed by atoms with Gasteiger partial charge in [-0.2, -0.15) is 0 Å². The molecule has 1 fully saturated rings. The number of hydrogen-bond donors (Lipinski definition) is 1. The Labute approximate surface area is 97.0 Å². The highest BCUT2D eigenvalue weighted by Crippen LogP contribution is 2.30. The fraction of sp³-hybridized carbons (Fsp3) is 0.615. The molecule has 0 bridgehead atoms. The van der Waals surface area contributed by atoms with Crippen molar-refractivity contribution in [2.45, 2.75) is 38.3 Å². The van der Waals surface area contributed by atoms with E-state index in [2.05, 4.69) is 18.8 Å². The van der Waals surface area contributed by atoms with Gasteiger partial charge in [-0.1, -0.05) is 13.0 Å². The first-order chi connectivity index (χ1) is 7.70. The number of ether oxygens (including phenoxy) is 1. The smallest absolute Gasteiger partial charge is 0.0591 e. The number of nitrogens with two attached hydrogens (primary N) is 1. The zero-order chi connectivity index (χ0) is 11.5. The highest BCUT2D eigenvalue weighted by Gasteiger charge is 2.33. The Kier molecular flexibility index (Phi) is 3.56. The zero-order valence-corrected chi connectivity index (χ0v) is 9.97. The lowest BCUT2D eigenvalue weighted by molar-refractivity contribution is 0.0971. The van der Waals surface area contributed by atoms with Crippen LogP contribution in [0.15, 0.2) is 24.4 Å². The monoisotopic (exact) mass is 220 g/mol. The van der Waals surface area contributed by atoms with Gasteiger partial charge >= 0.3 is 0 Å². The minimum atomic E-state index is 0.132. The van der Waals surface area contributed by atoms with E-state index in [0.717, 1.165) is 18.7 Å². The minimum Gasteiger partial charge on any atom is -0.378 e. The number of pyridine rings is 1. The molecule has 2 rings (SSSR count). The molecule has 4 unspecified atom stereocenters. The van der Waals surface area contributed by atoms with Crippen molar-refractivity contribution in [1.29, 1.82) is 0 Å². The topological polar surface area (TPSA) is 48.1 Å². The molecule has 4 atom stereocenters. The molecular formula is C13H20N2O. The van der Waals surface area contributed by atoms with Crippen molar-refractivity contribution in [1.82, 2.24) is 4.98 Å². The van der Waals surface area contributed by atoms with Crippen molar-refractivity contribution in [2.24, 2.45) is 11.7 Å². The fourth-order valence-electron chi connectivity index (χ4n) is 2.47. The van der Waals surface area contributed by atoms with E-state index in [0.29, 0.717) is 5.92 Å². The Bertz CT molecular complexity index is 328. The van der Waals surface area contributed by atoms with Gasteiger partial charge < -0.3 is 10.5 Å². The summed E-state index contributed by atoms with van der Waals surface area (Å²) < 4.78 is 5.57. The molecule has 3 heteroatoms. The SMILES string of the molecule is CC1OCCC1C(N)C(C)c1ccccn1. The number of nitrogens with zero attached hydrogens (tertiary/aromatic N) is 1. The lowest BCUT2D eigenvalue weighted by atomic mass is 9.84. The van der Waals surface area contributed by atoms with Crippen LogP contribution in [0.25, 0.3) is 0 Å². The Morgan fingerprint density at radius 2 is 2.31 bits per heavy atom. The highest BCUT2D eigenvalue weighted by molar-refractivity contribution is 5.11. The van der Waals surface area contributed by atoms with Crippen LogP contribution in [0.2, 0.25) is 0 Å². The Morgan fingerprint density at radius 3 is 2.88 bits per heavy atom. The standard InChI is InChI=1S/C13H20N2O/c1-9(12-5-3-4-7-15-12)13(14)11-6-8-16-10(11)2/h3-5,7,9-11,13H,6,8,14H2,1-2H3. The second kappa shape index (κ2) is 4.93. The van der Waals surface area contributed by atoms with Gasteiger partial charge in [-0.25, -0.2) is 0 Å². The van der Waals surface area contributed by atoms with Crippen molar-refractivity contribution in [3.63, 3.8) is 0 Å². The molecule has 16 heavy (non-hydrogen) atoms. The van der Waals surface area contributed by atoms with Gasteiger partial charge in [-0.15, -0.1) is 0 Å². The van der Waals surface area contributed by atoms with E-state index >= 15 is 0 Å². The molecule has 1 aliphatic rings. The second-order valence-electron chi connectivity index (χ2n) is 4.65. The summed E-state index contributed by atoms with van der Waals surface area (Å²) in [5.74, 6) is 0.743. The summed E-state index contributed by atoms with van der Waals surface area (Å²) in [6.07, 6.45) is 3.17. The normalized spacial score (nSPS) is 28.9. The second-order valence-corrected chi connectivity index (χ2v) is 4.65. The molecule has 0 aliphatic carbocycles. The lowest BCUT2D eigenvalue weighted by Crippen LogP contribution is -2.38. The first kappa shape index (κ1) is 11.6. The van der Waals surface area contributed by atoms with Crippen LogP contribution in [-0.4, -0.2) is 23.7 Å². The average Bonchev–Trinajstić information content (AvgIpc) is 2.75. The van der Waals surface area contributed by atoms with E-state index in [1.165, 1.54) is 0 Å². The van der Waals surface area contributed by atoms with Crippen LogP contribution in [0.1, 0.15) is 31.9 Å². The maximum atomic E-state index is 6.32. The molecule has 3 nitrogen and oxygen atoms in total. The highest BCUT2D eigenvalue weighted by atomic mass is 16.5. The largest absolute Gasteiger partial charge is 0.378 e. The molecule has 0 amide bonds. The molecule has 2 heterocycles. The van der Waals surface area contributed by atoms with Crippen molar-refractivity contribution < 1.29 is 4.74 Å². The Morgan fingerprint density at radius 1 is 1.50 bits per heavy atom. The third-order valence-electron chi connectivity index (χ3n) is 3.66. The third-order valence-corrected chi connectivity index (χ3v) is 3.66. The average molecular weight is 220 g/mol. The van der Waals surface area contributed by atoms with Gasteiger partial charge in [0.2, 0.25) is 0 Å². The Hall–Kier alpha value is -0.930. The van der Waals surface area contributed by atoms with E-state index in [-0.39, 0.29) is 18.1 Å². The molecule has 0 radical (unpaired) electrons. The molecule has 0 saturated carbocycles. The van der Waals surface area contributed by atoms with E-state index in [1.807, 2.05) is 24.4 Å². The molecule has 1 aliphatic heterocycles. The summed E-state index contributed by atoms with van der Waals surface area (Å²) in [4.78, 5) is 4.38. The maximum Gasteiger partial charge on any atom is 0.0591 e. The summed E-state index contributed by atoms with van der Waals surface area (Å²) in [6.45, 7) is 5.11. The lowest BCUT2D eigenvalue weighted by Gasteiger charge is -2.27. The van der Waals surface area contributed by atoms with Crippen LogP contribution in [0, 0.1) is 5.92 Å². The fourth-order valence-corrected chi connectivity index (χ4v) is 2.47. The first-order valence-corrected chi connectivity index (χ1v) is 5.98. The van der Waals surface area contributed by atoms with Gasteiger partial charge in [0.15, 0.2) is 0 Å². The summed E-state index contributed by atoms with van der Waals surface area (Å²) in [7, 11) is 0. The van der Waals surface area contributed by atoms with E-state index in [4.69, 9.17) is 10.5 Å². The zero-order valence-electron chi connectivity index (χ0n) is 9.97. The van der Waals surface area contributed by atoms with Crippen LogP contribution in [-0.2, 0) is 4.74 Å². The van der Waals surface area contributed by atoms with Crippen LogP contribution >= 0.6 is 0 Å². The number of hydrogen-bond acceptors (Lipinski definition) is 3. The van der Waals surface area contributed by atoms with Gasteiger partial charge in [-0.3, -0.25) is 4.98 Å². The predicted molar refractivity (Wildman–Crippen MR) is 64.1 cm³/mol. The predicted octanol–water partition coefficient (Wildman–Crippen LogP) is 1.94. The number of aromatic nitrogens is 1. The van der Waals surface area contributed by atoms with Crippen molar-refractivity contribution >= 4 is 0 Å². The van der Waals surface area contributed by atoms with Gasteiger partial charge in [0.25, 0.3) is 0 Å². The van der Waals surface area contributed by atoms with E-state index in [9.17, 15) is 0 Å². The Balaban J connectivity index is 2.07. The summed E-state index contributed by atoms with van der Waals surface area (Å²) in [6, 6.07) is 6.13. The molecule has 88 valence electrons. The molecule has 1 aromatic heterocycles. The van der Waals surface area contributed by atoms with Gasteiger partial charge in [0.05, 0.1) is 6.10 Å². The summed E-state index contributed by atoms with van der Waals surface area (Å²) in [5.41, 5.74) is 7.40. The van der Waals surface area contributed by atoms with Crippen LogP contribution in [0.4, 0.5) is 0 Å². The summed E-state index contributed by atoms with van der Waals surface area (Å²) in [5, 5.41) is 0. The molecular weight excluding hydrogens is 200 g/mol. The van der Waals surface area contributed by atoms with Crippen LogP contribution in [0.5, 0.6) is 0 Å². The quantitative estimate of drug-likeness (QED) is 0.846. The van der Waals surface area contributed by atoms with E-state index < -0.39 is 0 Å². The first-order valence-electron chi connectivity index (χ1n) is 5.98. The van der Waals surface area contributed by atoms with E-state index in [1.54, 1.807) is 0 Å². The molecule has 1 aromatic rings. The maximum absolute atomic E-state index is 6.32. The third kappa shape index (κ3) is 2.25. The van der Waals surface area contributed by atoms with Crippen molar-refractivity contribution in [2.75, 3.05) is 6.61 Å². The minimum absolute atomic E-state index is 0.132. The molecule has 1 saturated heterocycles. The van der Waals surface area contributed by atoms with Crippen molar-refractivity contribution in [3.8, 4) is 0 Å². The molecule has 2 N–H and O–H groups in total.